The molecule has 7 heteroatoms. The molecule has 0 aromatic heterocycles. The van der Waals surface area contributed by atoms with Gasteiger partial charge in [-0.3, -0.25) is 9.59 Å². The van der Waals surface area contributed by atoms with Gasteiger partial charge in [0, 0.05) is 21.6 Å². The van der Waals surface area contributed by atoms with Crippen LogP contribution in [0.4, 0.5) is 5.69 Å². The number of hydrogen-bond acceptors (Lipinski definition) is 5. The molecule has 31 heavy (non-hydrogen) atoms. The van der Waals surface area contributed by atoms with Crippen LogP contribution in [0.1, 0.15) is 40.7 Å². The number of thioether (sulfide) groups is 2. The van der Waals surface area contributed by atoms with Crippen LogP contribution in [0, 0.1) is 0 Å². The zero-order valence-electron chi connectivity index (χ0n) is 18.4. The highest BCUT2D eigenvalue weighted by molar-refractivity contribution is 8.21. The lowest BCUT2D eigenvalue weighted by Gasteiger charge is -2.37. The van der Waals surface area contributed by atoms with E-state index in [0.717, 1.165) is 51.5 Å². The van der Waals surface area contributed by atoms with Gasteiger partial charge in [0.25, 0.3) is 0 Å². The molecule has 0 N–H and O–H groups in total. The lowest BCUT2D eigenvalue weighted by Crippen LogP contribution is -2.45. The zero-order chi connectivity index (χ0) is 22.2. The molecule has 1 fully saturated rings. The smallest absolute Gasteiger partial charge is 0.238 e. The summed E-state index contributed by atoms with van der Waals surface area (Å²) in [5.74, 6) is 0.969. The normalized spacial score (nSPS) is 16.1. The first-order valence-electron chi connectivity index (χ1n) is 10.4. The Hall–Kier alpha value is -2.12. The molecule has 2 aliphatic rings. The number of ketones is 1. The summed E-state index contributed by atoms with van der Waals surface area (Å²) in [5, 5.41) is 0. The fourth-order valence-corrected chi connectivity index (χ4v) is 5.71. The summed E-state index contributed by atoms with van der Waals surface area (Å²) in [7, 11) is 3.66. The highest BCUT2D eigenvalue weighted by Gasteiger charge is 2.54. The molecule has 1 saturated carbocycles. The number of methoxy groups -OCH3 is 1. The Bertz CT molecular complexity index is 1060. The van der Waals surface area contributed by atoms with Crippen LogP contribution in [0.3, 0.4) is 0 Å². The van der Waals surface area contributed by atoms with Gasteiger partial charge in [0.15, 0.2) is 5.78 Å². The van der Waals surface area contributed by atoms with Crippen molar-refractivity contribution in [3.05, 3.63) is 63.4 Å². The van der Waals surface area contributed by atoms with E-state index in [9.17, 15) is 9.59 Å². The minimum atomic E-state index is -0.464. The van der Waals surface area contributed by atoms with Gasteiger partial charge in [-0.05, 0) is 54.7 Å². The van der Waals surface area contributed by atoms with Crippen LogP contribution in [-0.4, -0.2) is 39.2 Å². The first kappa shape index (κ1) is 22.1. The zero-order valence-corrected chi connectivity index (χ0v) is 20.0. The number of carbonyl (C=O) groups is 2. The molecule has 0 unspecified atom stereocenters. The van der Waals surface area contributed by atoms with Gasteiger partial charge in [0.2, 0.25) is 5.91 Å². The van der Waals surface area contributed by atoms with Crippen LogP contribution < -0.4 is 15.1 Å². The van der Waals surface area contributed by atoms with E-state index in [4.69, 9.17) is 4.74 Å². The Morgan fingerprint density at radius 3 is 2.42 bits per heavy atom. The first-order valence-corrected chi connectivity index (χ1v) is 12.8. The molecule has 1 aliphatic heterocycles. The predicted molar refractivity (Wildman–Crippen MR) is 134 cm³/mol. The molecule has 2 aromatic rings. The Labute approximate surface area is 193 Å². The molecule has 1 heterocycles. The number of allylic oxidation sites excluding steroid dienone is 1. The topological polar surface area (TPSA) is 46.6 Å². The second-order valence-corrected chi connectivity index (χ2v) is 10.1. The minimum absolute atomic E-state index is 0.000117. The Kier molecular flexibility index (Phi) is 6.26. The number of hydrogen-bond donors (Lipinski definition) is 0. The quantitative estimate of drug-likeness (QED) is 0.365. The van der Waals surface area contributed by atoms with Crippen LogP contribution in [0.5, 0.6) is 5.75 Å². The van der Waals surface area contributed by atoms with Gasteiger partial charge in [-0.25, -0.2) is 0 Å². The highest BCUT2D eigenvalue weighted by atomic mass is 32.2. The molecule has 0 saturated heterocycles. The summed E-state index contributed by atoms with van der Waals surface area (Å²) in [5.41, 5.74) is 4.26. The van der Waals surface area contributed by atoms with E-state index in [2.05, 4.69) is 0 Å². The first-order chi connectivity index (χ1) is 14.9. The van der Waals surface area contributed by atoms with Crippen molar-refractivity contribution in [1.82, 2.24) is 0 Å². The molecular weight excluding hydrogens is 425 g/mol. The fraction of sp³-hybridized carbons (Fsp3) is 0.333. The van der Waals surface area contributed by atoms with E-state index in [1.807, 2.05) is 61.7 Å². The van der Waals surface area contributed by atoms with Crippen molar-refractivity contribution in [2.75, 3.05) is 24.5 Å². The Balaban J connectivity index is 1.74. The Morgan fingerprint density at radius 2 is 1.87 bits per heavy atom. The maximum absolute atomic E-state index is 13.6. The Morgan fingerprint density at radius 1 is 1.19 bits per heavy atom. The van der Waals surface area contributed by atoms with Gasteiger partial charge in [0.05, 0.1) is 19.1 Å². The predicted octanol–water partition coefficient (Wildman–Crippen LogP) is 3.67. The van der Waals surface area contributed by atoms with Crippen molar-refractivity contribution in [2.24, 2.45) is 0 Å². The van der Waals surface area contributed by atoms with Crippen LogP contribution in [0.25, 0.3) is 0 Å². The lowest BCUT2D eigenvalue weighted by molar-refractivity contribution is -0.126. The fourth-order valence-electron chi connectivity index (χ4n) is 4.59. The van der Waals surface area contributed by atoms with E-state index in [0.29, 0.717) is 12.1 Å². The molecule has 0 bridgehead atoms. The van der Waals surface area contributed by atoms with Crippen molar-refractivity contribution in [3.63, 3.8) is 0 Å². The molecule has 1 spiro atoms. The SMILES string of the molecule is Bc1cc(C(=O)C=C(SC)SC)cc2c1N(Cc1ccc(OC)cc1)C(=O)C21CCC1. The third kappa shape index (κ3) is 3.83. The molecule has 0 radical (unpaired) electrons. The maximum atomic E-state index is 13.6. The summed E-state index contributed by atoms with van der Waals surface area (Å²) in [4.78, 5) is 28.5. The van der Waals surface area contributed by atoms with E-state index in [1.165, 1.54) is 0 Å². The summed E-state index contributed by atoms with van der Waals surface area (Å²) >= 11 is 3.15. The van der Waals surface area contributed by atoms with Crippen molar-refractivity contribution in [2.45, 2.75) is 31.2 Å². The van der Waals surface area contributed by atoms with Crippen LogP contribution in [0.2, 0.25) is 0 Å². The van der Waals surface area contributed by atoms with E-state index < -0.39 is 5.41 Å². The van der Waals surface area contributed by atoms with Gasteiger partial charge >= 0.3 is 0 Å². The molecule has 160 valence electrons. The van der Waals surface area contributed by atoms with Crippen LogP contribution in [-0.2, 0) is 16.8 Å². The second kappa shape index (κ2) is 8.79. The minimum Gasteiger partial charge on any atom is -0.497 e. The average Bonchev–Trinajstić information content (AvgIpc) is 3.00. The molecule has 1 aliphatic carbocycles. The van der Waals surface area contributed by atoms with Crippen molar-refractivity contribution in [3.8, 4) is 5.75 Å². The van der Waals surface area contributed by atoms with Crippen LogP contribution >= 0.6 is 23.5 Å². The number of benzene rings is 2. The van der Waals surface area contributed by atoms with Gasteiger partial charge in [-0.1, -0.05) is 30.1 Å². The number of rotatable bonds is 7. The number of anilines is 1. The molecular formula is C24H26BNO3S2. The van der Waals surface area contributed by atoms with Gasteiger partial charge in [0.1, 0.15) is 13.6 Å². The largest absolute Gasteiger partial charge is 0.497 e. The number of carbonyl (C=O) groups excluding carboxylic acids is 2. The summed E-state index contributed by atoms with van der Waals surface area (Å²) in [6.45, 7) is 0.523. The average molecular weight is 451 g/mol. The van der Waals surface area contributed by atoms with Crippen molar-refractivity contribution < 1.29 is 14.3 Å². The third-order valence-corrected chi connectivity index (χ3v) is 8.42. The molecule has 0 atom stereocenters. The van der Waals surface area contributed by atoms with Gasteiger partial charge < -0.3 is 9.64 Å². The number of fused-ring (bicyclic) bond motifs is 2. The summed E-state index contributed by atoms with van der Waals surface area (Å²) in [6, 6.07) is 11.8. The van der Waals surface area contributed by atoms with E-state index in [-0.39, 0.29) is 11.7 Å². The van der Waals surface area contributed by atoms with Crippen molar-refractivity contribution >= 4 is 54.2 Å². The third-order valence-electron chi connectivity index (χ3n) is 6.38. The monoisotopic (exact) mass is 451 g/mol. The summed E-state index contributed by atoms with van der Waals surface area (Å²) in [6.07, 6.45) is 8.40. The molecule has 4 rings (SSSR count). The number of nitrogens with zero attached hydrogens (tertiary/aromatic N) is 1. The van der Waals surface area contributed by atoms with Crippen LogP contribution in [0.15, 0.2) is 46.7 Å². The molecule has 2 aromatic carbocycles. The van der Waals surface area contributed by atoms with Gasteiger partial charge in [-0.2, -0.15) is 0 Å². The number of amides is 1. The maximum Gasteiger partial charge on any atom is 0.238 e. The van der Waals surface area contributed by atoms with E-state index in [1.54, 1.807) is 36.7 Å². The molecule has 4 nitrogen and oxygen atoms in total. The molecule has 1 amide bonds. The van der Waals surface area contributed by atoms with Crippen molar-refractivity contribution in [1.29, 1.82) is 0 Å². The highest BCUT2D eigenvalue weighted by Crippen LogP contribution is 2.53. The lowest BCUT2D eigenvalue weighted by atomic mass is 9.64. The standard InChI is InChI=1S/C24H26BNO3S2/c1-29-17-7-5-15(6-8-17)14-26-22-18(24(23(26)28)9-4-10-24)11-16(12-19(22)25)20(27)13-21(30-2)31-3/h5-8,11-13H,4,9-10,14,25H2,1-3H3. The van der Waals surface area contributed by atoms with Gasteiger partial charge in [-0.15, -0.1) is 23.5 Å². The van der Waals surface area contributed by atoms with E-state index >= 15 is 0 Å². The second-order valence-electron chi connectivity index (χ2n) is 8.10. The number of ether oxygens (including phenoxy) is 1. The summed E-state index contributed by atoms with van der Waals surface area (Å²) < 4.78 is 6.24.